The summed E-state index contributed by atoms with van der Waals surface area (Å²) in [7, 11) is 0. The molecule has 0 atom stereocenters. The molecule has 0 saturated heterocycles. The third kappa shape index (κ3) is 3.93. The Balaban J connectivity index is 2.60. The van der Waals surface area contributed by atoms with Crippen molar-refractivity contribution < 1.29 is 9.53 Å². The van der Waals surface area contributed by atoms with Gasteiger partial charge in [-0.1, -0.05) is 19.4 Å². The summed E-state index contributed by atoms with van der Waals surface area (Å²) in [5.74, 6) is -0.262. The number of nitrogens with one attached hydrogen (secondary N) is 1. The zero-order valence-electron chi connectivity index (χ0n) is 9.95. The number of esters is 1. The fourth-order valence-corrected chi connectivity index (χ4v) is 1.38. The van der Waals surface area contributed by atoms with E-state index in [1.807, 2.05) is 18.2 Å². The average Bonchev–Trinajstić information content (AvgIpc) is 2.30. The third-order valence-electron chi connectivity index (χ3n) is 2.23. The van der Waals surface area contributed by atoms with E-state index in [4.69, 9.17) is 4.74 Å². The molecular formula is C13H19NO2. The number of rotatable bonds is 6. The second-order valence-electron chi connectivity index (χ2n) is 3.58. The summed E-state index contributed by atoms with van der Waals surface area (Å²) in [5, 5.41) is 3.28. The Bertz CT molecular complexity index is 336. The number of unbranched alkanes of at least 4 members (excludes halogenated alkanes) is 1. The van der Waals surface area contributed by atoms with E-state index in [-0.39, 0.29) is 5.97 Å². The smallest absolute Gasteiger partial charge is 0.338 e. The first-order valence-corrected chi connectivity index (χ1v) is 5.79. The second kappa shape index (κ2) is 6.88. The molecule has 16 heavy (non-hydrogen) atoms. The summed E-state index contributed by atoms with van der Waals surface area (Å²) in [4.78, 5) is 11.5. The molecular weight excluding hydrogens is 202 g/mol. The minimum atomic E-state index is -0.262. The molecule has 0 fully saturated rings. The van der Waals surface area contributed by atoms with Gasteiger partial charge in [0.25, 0.3) is 0 Å². The summed E-state index contributed by atoms with van der Waals surface area (Å²) < 4.78 is 4.94. The monoisotopic (exact) mass is 221 g/mol. The van der Waals surface area contributed by atoms with Crippen molar-refractivity contribution in [3.8, 4) is 0 Å². The normalized spacial score (nSPS) is 9.88. The highest BCUT2D eigenvalue weighted by Gasteiger charge is 2.05. The van der Waals surface area contributed by atoms with Crippen LogP contribution in [-0.2, 0) is 4.74 Å². The molecule has 3 nitrogen and oxygen atoms in total. The van der Waals surface area contributed by atoms with E-state index >= 15 is 0 Å². The van der Waals surface area contributed by atoms with Gasteiger partial charge in [-0.05, 0) is 31.5 Å². The average molecular weight is 221 g/mol. The molecule has 0 radical (unpaired) electrons. The van der Waals surface area contributed by atoms with Crippen molar-refractivity contribution >= 4 is 11.7 Å². The SMILES string of the molecule is CCCCNc1cccc(C(=O)OCC)c1. The van der Waals surface area contributed by atoms with Gasteiger partial charge in [-0.2, -0.15) is 0 Å². The molecule has 0 saturated carbocycles. The topological polar surface area (TPSA) is 38.3 Å². The minimum absolute atomic E-state index is 0.262. The molecule has 1 aromatic carbocycles. The molecule has 0 spiro atoms. The van der Waals surface area contributed by atoms with Crippen molar-refractivity contribution in [3.05, 3.63) is 29.8 Å². The van der Waals surface area contributed by atoms with Gasteiger partial charge in [0.1, 0.15) is 0 Å². The Morgan fingerprint density at radius 2 is 2.19 bits per heavy atom. The molecule has 0 amide bonds. The standard InChI is InChI=1S/C13H19NO2/c1-3-5-9-14-12-8-6-7-11(10-12)13(15)16-4-2/h6-8,10,14H,3-5,9H2,1-2H3. The van der Waals surface area contributed by atoms with Crippen molar-refractivity contribution in [1.82, 2.24) is 0 Å². The number of carbonyl (C=O) groups is 1. The molecule has 0 aliphatic rings. The molecule has 1 aromatic rings. The zero-order valence-corrected chi connectivity index (χ0v) is 9.95. The maximum Gasteiger partial charge on any atom is 0.338 e. The fraction of sp³-hybridized carbons (Fsp3) is 0.462. The van der Waals surface area contributed by atoms with Crippen LogP contribution in [0.25, 0.3) is 0 Å². The summed E-state index contributed by atoms with van der Waals surface area (Å²) in [5.41, 5.74) is 1.57. The maximum atomic E-state index is 11.5. The molecule has 88 valence electrons. The highest BCUT2D eigenvalue weighted by atomic mass is 16.5. The van der Waals surface area contributed by atoms with Crippen LogP contribution in [0, 0.1) is 0 Å². The van der Waals surface area contributed by atoms with E-state index in [1.54, 1.807) is 13.0 Å². The van der Waals surface area contributed by atoms with E-state index in [1.165, 1.54) is 0 Å². The van der Waals surface area contributed by atoms with Crippen LogP contribution in [0.3, 0.4) is 0 Å². The number of hydrogen-bond acceptors (Lipinski definition) is 3. The number of benzene rings is 1. The van der Waals surface area contributed by atoms with Gasteiger partial charge in [0.05, 0.1) is 12.2 Å². The van der Waals surface area contributed by atoms with Gasteiger partial charge in [-0.3, -0.25) is 0 Å². The predicted octanol–water partition coefficient (Wildman–Crippen LogP) is 3.08. The van der Waals surface area contributed by atoms with E-state index in [9.17, 15) is 4.79 Å². The molecule has 0 bridgehead atoms. The first-order valence-electron chi connectivity index (χ1n) is 5.79. The zero-order chi connectivity index (χ0) is 11.8. The van der Waals surface area contributed by atoms with E-state index in [0.717, 1.165) is 25.1 Å². The largest absolute Gasteiger partial charge is 0.462 e. The number of ether oxygens (including phenoxy) is 1. The van der Waals surface area contributed by atoms with Crippen LogP contribution in [0.1, 0.15) is 37.0 Å². The fourth-order valence-electron chi connectivity index (χ4n) is 1.38. The Morgan fingerprint density at radius 3 is 2.88 bits per heavy atom. The van der Waals surface area contributed by atoms with Gasteiger partial charge in [0, 0.05) is 12.2 Å². The molecule has 1 N–H and O–H groups in total. The van der Waals surface area contributed by atoms with E-state index in [0.29, 0.717) is 12.2 Å². The van der Waals surface area contributed by atoms with Gasteiger partial charge in [-0.15, -0.1) is 0 Å². The first-order chi connectivity index (χ1) is 7.77. The molecule has 0 unspecified atom stereocenters. The van der Waals surface area contributed by atoms with Crippen LogP contribution in [0.4, 0.5) is 5.69 Å². The Labute approximate surface area is 96.8 Å². The van der Waals surface area contributed by atoms with Gasteiger partial charge < -0.3 is 10.1 Å². The van der Waals surface area contributed by atoms with Crippen LogP contribution >= 0.6 is 0 Å². The lowest BCUT2D eigenvalue weighted by atomic mass is 10.2. The Kier molecular flexibility index (Phi) is 5.40. The highest BCUT2D eigenvalue weighted by Crippen LogP contribution is 2.11. The lowest BCUT2D eigenvalue weighted by Crippen LogP contribution is -2.06. The van der Waals surface area contributed by atoms with Crippen LogP contribution in [0.2, 0.25) is 0 Å². The summed E-state index contributed by atoms with van der Waals surface area (Å²) >= 11 is 0. The lowest BCUT2D eigenvalue weighted by Gasteiger charge is -2.07. The van der Waals surface area contributed by atoms with E-state index in [2.05, 4.69) is 12.2 Å². The van der Waals surface area contributed by atoms with Gasteiger partial charge in [-0.25, -0.2) is 4.79 Å². The lowest BCUT2D eigenvalue weighted by molar-refractivity contribution is 0.0526. The second-order valence-corrected chi connectivity index (χ2v) is 3.58. The van der Waals surface area contributed by atoms with Crippen molar-refractivity contribution in [3.63, 3.8) is 0 Å². The molecule has 0 aliphatic carbocycles. The maximum absolute atomic E-state index is 11.5. The molecule has 1 rings (SSSR count). The molecule has 0 aromatic heterocycles. The summed E-state index contributed by atoms with van der Waals surface area (Å²) in [6, 6.07) is 7.41. The van der Waals surface area contributed by atoms with Crippen LogP contribution < -0.4 is 5.32 Å². The third-order valence-corrected chi connectivity index (χ3v) is 2.23. The van der Waals surface area contributed by atoms with Crippen molar-refractivity contribution in [2.24, 2.45) is 0 Å². The van der Waals surface area contributed by atoms with Crippen molar-refractivity contribution in [2.45, 2.75) is 26.7 Å². The highest BCUT2D eigenvalue weighted by molar-refractivity contribution is 5.90. The predicted molar refractivity (Wildman–Crippen MR) is 65.8 cm³/mol. The van der Waals surface area contributed by atoms with Crippen molar-refractivity contribution in [2.75, 3.05) is 18.5 Å². The molecule has 3 heteroatoms. The molecule has 0 heterocycles. The van der Waals surface area contributed by atoms with Gasteiger partial charge >= 0.3 is 5.97 Å². The van der Waals surface area contributed by atoms with E-state index < -0.39 is 0 Å². The van der Waals surface area contributed by atoms with Crippen LogP contribution in [0.15, 0.2) is 24.3 Å². The number of anilines is 1. The van der Waals surface area contributed by atoms with Crippen LogP contribution in [-0.4, -0.2) is 19.1 Å². The Hall–Kier alpha value is -1.51. The van der Waals surface area contributed by atoms with Crippen molar-refractivity contribution in [1.29, 1.82) is 0 Å². The molecule has 0 aliphatic heterocycles. The summed E-state index contributed by atoms with van der Waals surface area (Å²) in [6.45, 7) is 5.30. The van der Waals surface area contributed by atoms with Gasteiger partial charge in [0.2, 0.25) is 0 Å². The van der Waals surface area contributed by atoms with Gasteiger partial charge in [0.15, 0.2) is 0 Å². The number of hydrogen-bond donors (Lipinski definition) is 1. The summed E-state index contributed by atoms with van der Waals surface area (Å²) in [6.07, 6.45) is 2.29. The Morgan fingerprint density at radius 1 is 1.38 bits per heavy atom. The first kappa shape index (κ1) is 12.6. The minimum Gasteiger partial charge on any atom is -0.462 e. The number of carbonyl (C=O) groups excluding carboxylic acids is 1. The van der Waals surface area contributed by atoms with Crippen LogP contribution in [0.5, 0.6) is 0 Å². The quantitative estimate of drug-likeness (QED) is 0.592.